The molecule has 1 fully saturated rings. The number of nitrogens with one attached hydrogen (secondary N) is 1. The molecule has 0 saturated carbocycles. The summed E-state index contributed by atoms with van der Waals surface area (Å²) in [4.78, 5) is 0.202. The van der Waals surface area contributed by atoms with E-state index in [-0.39, 0.29) is 11.5 Å². The zero-order valence-corrected chi connectivity index (χ0v) is 14.6. The molecule has 0 amide bonds. The third kappa shape index (κ3) is 3.84. The molecule has 0 aromatic heterocycles. The van der Waals surface area contributed by atoms with E-state index in [1.54, 1.807) is 13.0 Å². The molecule has 0 spiro atoms. The summed E-state index contributed by atoms with van der Waals surface area (Å²) in [5.41, 5.74) is 0.700. The molecular formula is C14H20BrNO4S. The lowest BCUT2D eigenvalue weighted by Crippen LogP contribution is -2.49. The Morgan fingerprint density at radius 3 is 2.57 bits per heavy atom. The van der Waals surface area contributed by atoms with Crippen LogP contribution < -0.4 is 4.72 Å². The van der Waals surface area contributed by atoms with E-state index in [0.29, 0.717) is 41.7 Å². The lowest BCUT2D eigenvalue weighted by Gasteiger charge is -2.34. The first kappa shape index (κ1) is 16.9. The van der Waals surface area contributed by atoms with Gasteiger partial charge in [0.05, 0.1) is 11.5 Å². The highest BCUT2D eigenvalue weighted by atomic mass is 79.9. The Morgan fingerprint density at radius 1 is 1.38 bits per heavy atom. The first-order chi connectivity index (χ1) is 9.77. The molecule has 0 unspecified atom stereocenters. The Bertz CT molecular complexity index is 624. The molecule has 1 saturated heterocycles. The van der Waals surface area contributed by atoms with Crippen molar-refractivity contribution < 1.29 is 18.3 Å². The number of ether oxygens (including phenoxy) is 1. The van der Waals surface area contributed by atoms with Gasteiger partial charge in [0.2, 0.25) is 10.0 Å². The molecule has 1 heterocycles. The van der Waals surface area contributed by atoms with Crippen LogP contribution in [-0.2, 0) is 21.4 Å². The minimum atomic E-state index is -3.65. The van der Waals surface area contributed by atoms with Crippen LogP contribution >= 0.6 is 15.9 Å². The van der Waals surface area contributed by atoms with Crippen molar-refractivity contribution in [2.24, 2.45) is 0 Å². The SMILES string of the molecule is Cc1c(Br)cc(CO)cc1S(=O)(=O)NC1(C)CCOCC1. The van der Waals surface area contributed by atoms with E-state index in [1.807, 2.05) is 6.92 Å². The molecule has 0 radical (unpaired) electrons. The maximum absolute atomic E-state index is 12.7. The molecule has 1 aliphatic rings. The predicted octanol–water partition coefficient (Wildman–Crippen LogP) is 2.10. The average Bonchev–Trinajstić information content (AvgIpc) is 2.41. The number of halogens is 1. The molecule has 0 atom stereocenters. The van der Waals surface area contributed by atoms with Crippen LogP contribution in [0.15, 0.2) is 21.5 Å². The second kappa shape index (κ2) is 6.34. The van der Waals surface area contributed by atoms with Gasteiger partial charge in [0.1, 0.15) is 0 Å². The molecule has 21 heavy (non-hydrogen) atoms. The number of benzene rings is 1. The third-order valence-electron chi connectivity index (χ3n) is 3.81. The Labute approximate surface area is 133 Å². The molecule has 118 valence electrons. The van der Waals surface area contributed by atoms with E-state index in [9.17, 15) is 13.5 Å². The topological polar surface area (TPSA) is 75.6 Å². The van der Waals surface area contributed by atoms with Crippen LogP contribution in [0, 0.1) is 6.92 Å². The van der Waals surface area contributed by atoms with Crippen molar-refractivity contribution in [3.8, 4) is 0 Å². The molecule has 0 bridgehead atoms. The smallest absolute Gasteiger partial charge is 0.241 e. The standard InChI is InChI=1S/C14H20BrNO4S/c1-10-12(15)7-11(9-17)8-13(10)21(18,19)16-14(2)3-5-20-6-4-14/h7-8,16-17H,3-6,9H2,1-2H3. The molecule has 7 heteroatoms. The number of aliphatic hydroxyl groups excluding tert-OH is 1. The largest absolute Gasteiger partial charge is 0.392 e. The molecule has 1 aromatic rings. The summed E-state index contributed by atoms with van der Waals surface area (Å²) in [6.07, 6.45) is 1.29. The highest BCUT2D eigenvalue weighted by Crippen LogP contribution is 2.28. The second-order valence-corrected chi connectivity index (χ2v) is 8.14. The molecule has 1 aliphatic heterocycles. The van der Waals surface area contributed by atoms with Gasteiger partial charge in [0.25, 0.3) is 0 Å². The zero-order chi connectivity index (χ0) is 15.7. The first-order valence-corrected chi connectivity index (χ1v) is 9.07. The molecule has 0 aliphatic carbocycles. The molecule has 5 nitrogen and oxygen atoms in total. The maximum Gasteiger partial charge on any atom is 0.241 e. The number of hydrogen-bond acceptors (Lipinski definition) is 4. The van der Waals surface area contributed by atoms with Crippen LogP contribution in [0.25, 0.3) is 0 Å². The molecule has 1 aromatic carbocycles. The van der Waals surface area contributed by atoms with Crippen molar-refractivity contribution in [2.75, 3.05) is 13.2 Å². The lowest BCUT2D eigenvalue weighted by molar-refractivity contribution is 0.0537. The van der Waals surface area contributed by atoms with Crippen molar-refractivity contribution in [2.45, 2.75) is 43.7 Å². The fourth-order valence-electron chi connectivity index (χ4n) is 2.38. The molecule has 2 N–H and O–H groups in total. The second-order valence-electron chi connectivity index (χ2n) is 5.64. The van der Waals surface area contributed by atoms with E-state index in [2.05, 4.69) is 20.7 Å². The number of hydrogen-bond donors (Lipinski definition) is 2. The zero-order valence-electron chi connectivity index (χ0n) is 12.1. The Balaban J connectivity index is 2.37. The van der Waals surface area contributed by atoms with Crippen LogP contribution in [0.4, 0.5) is 0 Å². The van der Waals surface area contributed by atoms with Crippen molar-refractivity contribution in [1.82, 2.24) is 4.72 Å². The Hall–Kier alpha value is -0.470. The summed E-state index contributed by atoms with van der Waals surface area (Å²) in [7, 11) is -3.65. The number of sulfonamides is 1. The maximum atomic E-state index is 12.7. The van der Waals surface area contributed by atoms with Gasteiger partial charge in [-0.2, -0.15) is 0 Å². The van der Waals surface area contributed by atoms with Crippen LogP contribution in [0.3, 0.4) is 0 Å². The van der Waals surface area contributed by atoms with E-state index in [4.69, 9.17) is 4.74 Å². The summed E-state index contributed by atoms with van der Waals surface area (Å²) in [6.45, 7) is 4.54. The van der Waals surface area contributed by atoms with Crippen molar-refractivity contribution in [3.63, 3.8) is 0 Å². The highest BCUT2D eigenvalue weighted by molar-refractivity contribution is 9.10. The molecule has 2 rings (SSSR count). The quantitative estimate of drug-likeness (QED) is 0.842. The van der Waals surface area contributed by atoms with Crippen molar-refractivity contribution in [1.29, 1.82) is 0 Å². The fourth-order valence-corrected chi connectivity index (χ4v) is 4.80. The van der Waals surface area contributed by atoms with Gasteiger partial charge >= 0.3 is 0 Å². The predicted molar refractivity (Wildman–Crippen MR) is 83.6 cm³/mol. The monoisotopic (exact) mass is 377 g/mol. The van der Waals surface area contributed by atoms with Crippen molar-refractivity contribution in [3.05, 3.63) is 27.7 Å². The summed E-state index contributed by atoms with van der Waals surface area (Å²) in [6, 6.07) is 3.25. The average molecular weight is 378 g/mol. The first-order valence-electron chi connectivity index (χ1n) is 6.79. The van der Waals surface area contributed by atoms with Gasteiger partial charge in [0, 0.05) is 23.2 Å². The summed E-state index contributed by atoms with van der Waals surface area (Å²) in [5.74, 6) is 0. The Kier molecular flexibility index (Phi) is 5.10. The Morgan fingerprint density at radius 2 is 2.00 bits per heavy atom. The fraction of sp³-hybridized carbons (Fsp3) is 0.571. The summed E-state index contributed by atoms with van der Waals surface area (Å²) >= 11 is 3.35. The van der Waals surface area contributed by atoms with Gasteiger partial charge in [0.15, 0.2) is 0 Å². The molecular weight excluding hydrogens is 358 g/mol. The summed E-state index contributed by atoms with van der Waals surface area (Å²) in [5, 5.41) is 9.26. The van der Waals surface area contributed by atoms with Gasteiger partial charge < -0.3 is 9.84 Å². The van der Waals surface area contributed by atoms with Crippen LogP contribution in [0.1, 0.15) is 30.9 Å². The minimum Gasteiger partial charge on any atom is -0.392 e. The van der Waals surface area contributed by atoms with Crippen LogP contribution in [0.2, 0.25) is 0 Å². The number of rotatable bonds is 4. The normalized spacial score (nSPS) is 18.7. The van der Waals surface area contributed by atoms with Gasteiger partial charge in [-0.1, -0.05) is 15.9 Å². The van der Waals surface area contributed by atoms with Gasteiger partial charge in [-0.15, -0.1) is 0 Å². The van der Waals surface area contributed by atoms with E-state index in [0.717, 1.165) is 0 Å². The van der Waals surface area contributed by atoms with Crippen molar-refractivity contribution >= 4 is 26.0 Å². The van der Waals surface area contributed by atoms with E-state index >= 15 is 0 Å². The minimum absolute atomic E-state index is 0.202. The highest BCUT2D eigenvalue weighted by Gasteiger charge is 2.33. The van der Waals surface area contributed by atoms with Crippen LogP contribution in [0.5, 0.6) is 0 Å². The van der Waals surface area contributed by atoms with Gasteiger partial charge in [-0.25, -0.2) is 13.1 Å². The van der Waals surface area contributed by atoms with Gasteiger partial charge in [-0.3, -0.25) is 0 Å². The van der Waals surface area contributed by atoms with E-state index in [1.165, 1.54) is 6.07 Å². The van der Waals surface area contributed by atoms with E-state index < -0.39 is 15.6 Å². The van der Waals surface area contributed by atoms with Gasteiger partial charge in [-0.05, 0) is 49.9 Å². The summed E-state index contributed by atoms with van der Waals surface area (Å²) < 4.78 is 34.1. The third-order valence-corrected chi connectivity index (χ3v) is 6.39. The lowest BCUT2D eigenvalue weighted by atomic mass is 9.94. The number of aliphatic hydroxyl groups is 1. The van der Waals surface area contributed by atoms with Crippen LogP contribution in [-0.4, -0.2) is 32.3 Å².